The van der Waals surface area contributed by atoms with Gasteiger partial charge < -0.3 is 19.7 Å². The van der Waals surface area contributed by atoms with E-state index in [-0.39, 0.29) is 31.4 Å². The number of fused-ring (bicyclic) bond motifs is 1. The Morgan fingerprint density at radius 1 is 1.00 bits per heavy atom. The van der Waals surface area contributed by atoms with Crippen LogP contribution in [0.4, 0.5) is 5.69 Å². The number of hydrogen-bond donors (Lipinski definition) is 1. The van der Waals surface area contributed by atoms with Gasteiger partial charge in [0.05, 0.1) is 11.9 Å². The lowest BCUT2D eigenvalue weighted by atomic mass is 10.0. The summed E-state index contributed by atoms with van der Waals surface area (Å²) >= 11 is 6.44. The molecule has 0 unspecified atom stereocenters. The van der Waals surface area contributed by atoms with Gasteiger partial charge in [0.25, 0.3) is 0 Å². The molecule has 0 saturated carbocycles. The Hall–Kier alpha value is -3.76. The number of nitrogens with one attached hydrogen (secondary N) is 1. The van der Waals surface area contributed by atoms with Gasteiger partial charge in [-0.25, -0.2) is 8.42 Å². The lowest BCUT2D eigenvalue weighted by molar-refractivity contribution is -0.140. The van der Waals surface area contributed by atoms with Crippen molar-refractivity contribution in [2.75, 3.05) is 30.4 Å². The first-order valence-corrected chi connectivity index (χ1v) is 14.6. The second-order valence-corrected chi connectivity index (χ2v) is 11.3. The fourth-order valence-electron chi connectivity index (χ4n) is 4.31. The van der Waals surface area contributed by atoms with Gasteiger partial charge in [0.15, 0.2) is 11.5 Å². The predicted molar refractivity (Wildman–Crippen MR) is 149 cm³/mol. The van der Waals surface area contributed by atoms with Crippen LogP contribution in [0.3, 0.4) is 0 Å². The first-order valence-electron chi connectivity index (χ1n) is 12.4. The van der Waals surface area contributed by atoms with Crippen LogP contribution in [0.25, 0.3) is 0 Å². The molecule has 1 aliphatic heterocycles. The summed E-state index contributed by atoms with van der Waals surface area (Å²) in [5, 5.41) is 3.25. The first-order chi connectivity index (χ1) is 18.7. The summed E-state index contributed by atoms with van der Waals surface area (Å²) in [4.78, 5) is 28.7. The molecule has 1 N–H and O–H groups in total. The van der Waals surface area contributed by atoms with Crippen LogP contribution < -0.4 is 19.1 Å². The highest BCUT2D eigenvalue weighted by atomic mass is 35.5. The summed E-state index contributed by atoms with van der Waals surface area (Å²) in [6, 6.07) is 20.1. The van der Waals surface area contributed by atoms with Crippen molar-refractivity contribution in [3.05, 3.63) is 88.9 Å². The highest BCUT2D eigenvalue weighted by Crippen LogP contribution is 2.36. The number of sulfonamides is 1. The zero-order valence-electron chi connectivity index (χ0n) is 21.7. The van der Waals surface area contributed by atoms with Gasteiger partial charge in [0, 0.05) is 30.6 Å². The Bertz CT molecular complexity index is 1430. The largest absolute Gasteiger partial charge is 0.454 e. The van der Waals surface area contributed by atoms with Gasteiger partial charge in [-0.1, -0.05) is 60.1 Å². The maximum absolute atomic E-state index is 14.0. The number of rotatable bonds is 11. The van der Waals surface area contributed by atoms with E-state index >= 15 is 0 Å². The first kappa shape index (κ1) is 28.3. The zero-order valence-corrected chi connectivity index (χ0v) is 23.2. The summed E-state index contributed by atoms with van der Waals surface area (Å²) in [5.74, 6) is -0.0511. The number of benzene rings is 3. The van der Waals surface area contributed by atoms with Gasteiger partial charge in [-0.15, -0.1) is 0 Å². The molecule has 0 aromatic heterocycles. The summed E-state index contributed by atoms with van der Waals surface area (Å²) < 4.78 is 37.5. The molecule has 9 nitrogen and oxygen atoms in total. The average Bonchev–Trinajstić information content (AvgIpc) is 3.38. The SMILES string of the molecule is CCNC(=O)[C@@H](Cc1ccccc1)N(Cc1ccccc1Cl)C(=O)CN(c1ccc2c(c1)OCO2)S(C)(=O)=O. The third-order valence-corrected chi connectivity index (χ3v) is 7.75. The maximum Gasteiger partial charge on any atom is 0.244 e. The van der Waals surface area contributed by atoms with Crippen LogP contribution in [-0.4, -0.2) is 57.3 Å². The Kier molecular flexibility index (Phi) is 8.98. The summed E-state index contributed by atoms with van der Waals surface area (Å²) in [6.07, 6.45) is 1.25. The predicted octanol–water partition coefficient (Wildman–Crippen LogP) is 3.61. The Balaban J connectivity index is 1.72. The van der Waals surface area contributed by atoms with E-state index in [9.17, 15) is 18.0 Å². The number of hydrogen-bond acceptors (Lipinski definition) is 6. The number of nitrogens with zero attached hydrogens (tertiary/aromatic N) is 2. The normalized spacial score (nSPS) is 13.0. The number of carbonyl (C=O) groups is 2. The highest BCUT2D eigenvalue weighted by molar-refractivity contribution is 7.92. The fraction of sp³-hybridized carbons (Fsp3) is 0.286. The number of anilines is 1. The van der Waals surface area contributed by atoms with Gasteiger partial charge in [0.2, 0.25) is 28.6 Å². The molecule has 0 saturated heterocycles. The minimum Gasteiger partial charge on any atom is -0.454 e. The van der Waals surface area contributed by atoms with Crippen molar-refractivity contribution in [2.45, 2.75) is 25.9 Å². The third-order valence-electron chi connectivity index (χ3n) is 6.24. The van der Waals surface area contributed by atoms with Gasteiger partial charge in [-0.3, -0.25) is 13.9 Å². The summed E-state index contributed by atoms with van der Waals surface area (Å²) in [7, 11) is -3.90. The average molecular weight is 572 g/mol. The maximum atomic E-state index is 14.0. The van der Waals surface area contributed by atoms with E-state index in [0.717, 1.165) is 16.1 Å². The van der Waals surface area contributed by atoms with Crippen molar-refractivity contribution >= 4 is 39.1 Å². The van der Waals surface area contributed by atoms with Crippen LogP contribution in [0.2, 0.25) is 5.02 Å². The molecular weight excluding hydrogens is 542 g/mol. The fourth-order valence-corrected chi connectivity index (χ4v) is 5.35. The van der Waals surface area contributed by atoms with E-state index in [1.807, 2.05) is 30.3 Å². The number of amides is 2. The van der Waals surface area contributed by atoms with Gasteiger partial charge in [-0.2, -0.15) is 0 Å². The van der Waals surface area contributed by atoms with E-state index in [4.69, 9.17) is 21.1 Å². The van der Waals surface area contributed by atoms with Gasteiger partial charge in [0.1, 0.15) is 12.6 Å². The van der Waals surface area contributed by atoms with Crippen molar-refractivity contribution < 1.29 is 27.5 Å². The Morgan fingerprint density at radius 2 is 1.69 bits per heavy atom. The van der Waals surface area contributed by atoms with Crippen molar-refractivity contribution in [1.29, 1.82) is 0 Å². The molecule has 11 heteroatoms. The molecule has 0 radical (unpaired) electrons. The molecule has 206 valence electrons. The second-order valence-electron chi connectivity index (χ2n) is 9.02. The van der Waals surface area contributed by atoms with Gasteiger partial charge >= 0.3 is 0 Å². The van der Waals surface area contributed by atoms with Crippen LogP contribution >= 0.6 is 11.6 Å². The molecule has 1 atom stereocenters. The van der Waals surface area contributed by atoms with Crippen LogP contribution in [0.15, 0.2) is 72.8 Å². The number of likely N-dealkylation sites (N-methyl/N-ethyl adjacent to an activating group) is 1. The zero-order chi connectivity index (χ0) is 28.0. The van der Waals surface area contributed by atoms with E-state index in [0.29, 0.717) is 28.6 Å². The van der Waals surface area contributed by atoms with Crippen LogP contribution in [0.5, 0.6) is 11.5 Å². The van der Waals surface area contributed by atoms with E-state index in [2.05, 4.69) is 5.32 Å². The topological polar surface area (TPSA) is 105 Å². The van der Waals surface area contributed by atoms with Crippen molar-refractivity contribution in [2.24, 2.45) is 0 Å². The lowest BCUT2D eigenvalue weighted by Crippen LogP contribution is -2.53. The molecule has 0 bridgehead atoms. The van der Waals surface area contributed by atoms with Gasteiger partial charge in [-0.05, 0) is 36.2 Å². The quantitative estimate of drug-likeness (QED) is 0.377. The molecule has 1 aliphatic rings. The highest BCUT2D eigenvalue weighted by Gasteiger charge is 2.33. The van der Waals surface area contributed by atoms with Crippen LogP contribution in [-0.2, 0) is 32.6 Å². The van der Waals surface area contributed by atoms with E-state index in [1.54, 1.807) is 43.3 Å². The molecule has 2 amide bonds. The second kappa shape index (κ2) is 12.4. The van der Waals surface area contributed by atoms with Crippen molar-refractivity contribution in [3.63, 3.8) is 0 Å². The smallest absolute Gasteiger partial charge is 0.244 e. The molecule has 3 aromatic rings. The molecule has 39 heavy (non-hydrogen) atoms. The standard InChI is InChI=1S/C28H30ClN3O6S/c1-3-30-28(34)24(15-20-9-5-4-6-10-20)31(17-21-11-7-8-12-23(21)29)27(33)18-32(39(2,35)36)22-13-14-25-26(16-22)38-19-37-25/h4-14,16,24H,3,15,17-19H2,1-2H3,(H,30,34)/t24-/m1/s1. The van der Waals surface area contributed by atoms with Crippen LogP contribution in [0.1, 0.15) is 18.1 Å². The minimum absolute atomic E-state index is 0.00584. The molecular formula is C28H30ClN3O6S. The van der Waals surface area contributed by atoms with Crippen LogP contribution in [0, 0.1) is 0 Å². The van der Waals surface area contributed by atoms with E-state index < -0.39 is 28.5 Å². The number of carbonyl (C=O) groups excluding carboxylic acids is 2. The Labute approximate surface area is 233 Å². The van der Waals surface area contributed by atoms with E-state index in [1.165, 1.54) is 11.0 Å². The van der Waals surface area contributed by atoms with Crippen molar-refractivity contribution in [3.8, 4) is 11.5 Å². The monoisotopic (exact) mass is 571 g/mol. The molecule has 0 fully saturated rings. The summed E-state index contributed by atoms with van der Waals surface area (Å²) in [5.41, 5.74) is 1.72. The third kappa shape index (κ3) is 7.01. The molecule has 0 spiro atoms. The van der Waals surface area contributed by atoms with Crippen molar-refractivity contribution in [1.82, 2.24) is 10.2 Å². The molecule has 4 rings (SSSR count). The summed E-state index contributed by atoms with van der Waals surface area (Å²) in [6.45, 7) is 1.66. The minimum atomic E-state index is -3.90. The molecule has 3 aromatic carbocycles. The molecule has 1 heterocycles. The number of halogens is 1. The Morgan fingerprint density at radius 3 is 2.38 bits per heavy atom. The number of ether oxygens (including phenoxy) is 2. The lowest BCUT2D eigenvalue weighted by Gasteiger charge is -2.33. The molecule has 0 aliphatic carbocycles.